The van der Waals surface area contributed by atoms with Crippen LogP contribution in [-0.2, 0) is 32.8 Å². The van der Waals surface area contributed by atoms with Gasteiger partial charge < -0.3 is 15.0 Å². The first-order valence-corrected chi connectivity index (χ1v) is 16.4. The van der Waals surface area contributed by atoms with Crippen molar-refractivity contribution in [1.82, 2.24) is 10.2 Å². The van der Waals surface area contributed by atoms with Crippen molar-refractivity contribution in [2.45, 2.75) is 71.2 Å². The molecule has 4 rings (SSSR count). The zero-order chi connectivity index (χ0) is 30.1. The number of benzene rings is 3. The lowest BCUT2D eigenvalue weighted by Crippen LogP contribution is -2.53. The van der Waals surface area contributed by atoms with E-state index in [1.165, 1.54) is 4.90 Å². The number of anilines is 1. The van der Waals surface area contributed by atoms with Crippen molar-refractivity contribution >= 4 is 27.5 Å². The normalized spacial score (nSPS) is 14.3. The molecule has 9 heteroatoms. The molecule has 1 fully saturated rings. The van der Waals surface area contributed by atoms with Crippen LogP contribution in [0.4, 0.5) is 5.69 Å². The van der Waals surface area contributed by atoms with Crippen LogP contribution >= 0.6 is 0 Å². The average molecular weight is 592 g/mol. The number of hydrogen-bond acceptors (Lipinski definition) is 5. The van der Waals surface area contributed by atoms with E-state index in [4.69, 9.17) is 4.74 Å². The summed E-state index contributed by atoms with van der Waals surface area (Å²) >= 11 is 0. The van der Waals surface area contributed by atoms with Crippen molar-refractivity contribution in [2.24, 2.45) is 0 Å². The van der Waals surface area contributed by atoms with E-state index in [9.17, 15) is 18.0 Å². The van der Waals surface area contributed by atoms with Gasteiger partial charge in [-0.1, -0.05) is 79.9 Å². The van der Waals surface area contributed by atoms with Crippen molar-refractivity contribution in [1.29, 1.82) is 0 Å². The molecule has 1 aliphatic carbocycles. The van der Waals surface area contributed by atoms with Gasteiger partial charge in [-0.15, -0.1) is 0 Å². The summed E-state index contributed by atoms with van der Waals surface area (Å²) < 4.78 is 32.8. The lowest BCUT2D eigenvalue weighted by Gasteiger charge is -2.33. The van der Waals surface area contributed by atoms with E-state index >= 15 is 0 Å². The molecular weight excluding hydrogens is 550 g/mol. The number of carbonyl (C=O) groups is 2. The van der Waals surface area contributed by atoms with Crippen LogP contribution in [0.15, 0.2) is 78.9 Å². The molecule has 42 heavy (non-hydrogen) atoms. The first-order valence-electron chi connectivity index (χ1n) is 14.5. The zero-order valence-electron chi connectivity index (χ0n) is 24.7. The van der Waals surface area contributed by atoms with Gasteiger partial charge in [-0.05, 0) is 61.6 Å². The molecule has 1 N–H and O–H groups in total. The Bertz CT molecular complexity index is 1420. The summed E-state index contributed by atoms with van der Waals surface area (Å²) in [5, 5.41) is 3.13. The minimum atomic E-state index is -3.82. The molecule has 0 saturated heterocycles. The molecule has 0 heterocycles. The largest absolute Gasteiger partial charge is 0.489 e. The highest BCUT2D eigenvalue weighted by atomic mass is 32.2. The second-order valence-electron chi connectivity index (χ2n) is 11.0. The number of hydrogen-bond donors (Lipinski definition) is 1. The van der Waals surface area contributed by atoms with Crippen LogP contribution in [0.2, 0.25) is 0 Å². The second-order valence-corrected chi connectivity index (χ2v) is 12.9. The molecule has 0 unspecified atom stereocenters. The van der Waals surface area contributed by atoms with E-state index in [2.05, 4.69) is 5.32 Å². The van der Waals surface area contributed by atoms with Crippen LogP contribution in [0, 0.1) is 6.92 Å². The van der Waals surface area contributed by atoms with Crippen LogP contribution in [0.5, 0.6) is 5.75 Å². The van der Waals surface area contributed by atoms with Gasteiger partial charge >= 0.3 is 0 Å². The Morgan fingerprint density at radius 3 is 2.17 bits per heavy atom. The Morgan fingerprint density at radius 2 is 1.57 bits per heavy atom. The smallest absolute Gasteiger partial charge is 0.244 e. The molecule has 0 bridgehead atoms. The van der Waals surface area contributed by atoms with Gasteiger partial charge in [-0.25, -0.2) is 8.42 Å². The second kappa shape index (κ2) is 14.4. The van der Waals surface area contributed by atoms with Gasteiger partial charge in [0.25, 0.3) is 0 Å². The maximum Gasteiger partial charge on any atom is 0.244 e. The maximum absolute atomic E-state index is 13.9. The number of nitrogens with one attached hydrogen (secondary N) is 1. The number of nitrogens with zero attached hydrogens (tertiary/aromatic N) is 2. The Balaban J connectivity index is 1.54. The summed E-state index contributed by atoms with van der Waals surface area (Å²) in [6.07, 6.45) is 5.50. The highest BCUT2D eigenvalue weighted by molar-refractivity contribution is 7.92. The SMILES string of the molecule is CC[C@H](C(=O)NC1CCCC1)N(Cc1ccc(C)cc1)C(=O)CN(c1ccc(OCc2ccccc2)cc1)S(C)(=O)=O. The predicted octanol–water partition coefficient (Wildman–Crippen LogP) is 5.21. The topological polar surface area (TPSA) is 96.0 Å². The number of sulfonamides is 1. The summed E-state index contributed by atoms with van der Waals surface area (Å²) in [6.45, 7) is 4.00. The third-order valence-electron chi connectivity index (χ3n) is 7.61. The third kappa shape index (κ3) is 8.58. The quantitative estimate of drug-likeness (QED) is 0.295. The number of carbonyl (C=O) groups excluding carboxylic acids is 2. The average Bonchev–Trinajstić information content (AvgIpc) is 3.49. The molecule has 8 nitrogen and oxygen atoms in total. The molecule has 3 aromatic rings. The van der Waals surface area contributed by atoms with Crippen LogP contribution in [0.1, 0.15) is 55.7 Å². The highest BCUT2D eigenvalue weighted by Crippen LogP contribution is 2.24. The Hall–Kier alpha value is -3.85. The van der Waals surface area contributed by atoms with Gasteiger partial charge in [0.15, 0.2) is 0 Å². The summed E-state index contributed by atoms with van der Waals surface area (Å²) in [6, 6.07) is 23.5. The van der Waals surface area contributed by atoms with Crippen LogP contribution < -0.4 is 14.4 Å². The summed E-state index contributed by atoms with van der Waals surface area (Å²) in [4.78, 5) is 28.9. The van der Waals surface area contributed by atoms with E-state index in [1.54, 1.807) is 24.3 Å². The zero-order valence-corrected chi connectivity index (χ0v) is 25.5. The third-order valence-corrected chi connectivity index (χ3v) is 8.75. The van der Waals surface area contributed by atoms with Crippen molar-refractivity contribution in [3.05, 3.63) is 95.6 Å². The van der Waals surface area contributed by atoms with Gasteiger partial charge in [0, 0.05) is 12.6 Å². The molecule has 0 aliphatic heterocycles. The van der Waals surface area contributed by atoms with Crippen molar-refractivity contribution in [3.8, 4) is 5.75 Å². The van der Waals surface area contributed by atoms with Crippen LogP contribution in [0.25, 0.3) is 0 Å². The van der Waals surface area contributed by atoms with Crippen LogP contribution in [-0.4, -0.2) is 50.0 Å². The molecule has 0 aromatic heterocycles. The van der Waals surface area contributed by atoms with E-state index in [-0.39, 0.29) is 18.5 Å². The van der Waals surface area contributed by atoms with Crippen LogP contribution in [0.3, 0.4) is 0 Å². The maximum atomic E-state index is 13.9. The molecular formula is C33H41N3O5S. The number of ether oxygens (including phenoxy) is 1. The lowest BCUT2D eigenvalue weighted by atomic mass is 10.1. The van der Waals surface area contributed by atoms with E-state index in [0.717, 1.165) is 52.9 Å². The Morgan fingerprint density at radius 1 is 0.929 bits per heavy atom. The summed E-state index contributed by atoms with van der Waals surface area (Å²) in [7, 11) is -3.82. The first-order chi connectivity index (χ1) is 20.1. The Labute approximate surface area is 249 Å². The number of amides is 2. The first kappa shape index (κ1) is 31.1. The number of aryl methyl sites for hydroxylation is 1. The van der Waals surface area contributed by atoms with Gasteiger partial charge in [0.2, 0.25) is 21.8 Å². The molecule has 3 aromatic carbocycles. The van der Waals surface area contributed by atoms with Gasteiger partial charge in [0.05, 0.1) is 11.9 Å². The van der Waals surface area contributed by atoms with Gasteiger partial charge in [0.1, 0.15) is 24.9 Å². The van der Waals surface area contributed by atoms with Crippen molar-refractivity contribution in [2.75, 3.05) is 17.1 Å². The standard InChI is InChI=1S/C33H41N3O5S/c1-4-31(33(38)34-28-12-8-9-13-28)35(22-26-16-14-25(2)15-17-26)32(37)23-36(42(3,39)40)29-18-20-30(21-19-29)41-24-27-10-6-5-7-11-27/h5-7,10-11,14-21,28,31H,4,8-9,12-13,22-24H2,1-3H3,(H,34,38)/t31-/m1/s1. The Kier molecular flexibility index (Phi) is 10.6. The molecule has 1 atom stereocenters. The van der Waals surface area contributed by atoms with E-state index < -0.39 is 28.5 Å². The molecule has 0 spiro atoms. The fourth-order valence-electron chi connectivity index (χ4n) is 5.24. The summed E-state index contributed by atoms with van der Waals surface area (Å²) in [5.74, 6) is -0.0625. The minimum Gasteiger partial charge on any atom is -0.489 e. The van der Waals surface area contributed by atoms with E-state index in [0.29, 0.717) is 24.5 Å². The fraction of sp³-hybridized carbons (Fsp3) is 0.394. The lowest BCUT2D eigenvalue weighted by molar-refractivity contribution is -0.140. The highest BCUT2D eigenvalue weighted by Gasteiger charge is 2.33. The number of rotatable bonds is 13. The van der Waals surface area contributed by atoms with E-state index in [1.807, 2.05) is 68.4 Å². The van der Waals surface area contributed by atoms with Gasteiger partial charge in [-0.2, -0.15) is 0 Å². The van der Waals surface area contributed by atoms with Crippen molar-refractivity contribution < 1.29 is 22.7 Å². The monoisotopic (exact) mass is 591 g/mol. The summed E-state index contributed by atoms with van der Waals surface area (Å²) in [5.41, 5.74) is 3.31. The van der Waals surface area contributed by atoms with Crippen molar-refractivity contribution in [3.63, 3.8) is 0 Å². The van der Waals surface area contributed by atoms with Gasteiger partial charge in [-0.3, -0.25) is 13.9 Å². The molecule has 1 saturated carbocycles. The molecule has 2 amide bonds. The minimum absolute atomic E-state index is 0.109. The molecule has 1 aliphatic rings. The molecule has 224 valence electrons. The fourth-order valence-corrected chi connectivity index (χ4v) is 6.09. The predicted molar refractivity (Wildman–Crippen MR) is 166 cm³/mol. The molecule has 0 radical (unpaired) electrons.